The first-order valence-electron chi connectivity index (χ1n) is 5.18. The molecule has 0 saturated heterocycles. The number of allylic oxidation sites excluding steroid dienone is 1. The van der Waals surface area contributed by atoms with Gasteiger partial charge in [-0.05, 0) is 19.4 Å². The van der Waals surface area contributed by atoms with Gasteiger partial charge in [0.25, 0.3) is 6.08 Å². The maximum absolute atomic E-state index is 12.1. The predicted molar refractivity (Wildman–Crippen MR) is 60.9 cm³/mol. The van der Waals surface area contributed by atoms with Crippen LogP contribution in [0.25, 0.3) is 0 Å². The molecule has 0 fully saturated rings. The van der Waals surface area contributed by atoms with Gasteiger partial charge in [0.1, 0.15) is 5.69 Å². The molecule has 1 heterocycles. The standard InChI is InChI=1S/C12H13F2NO3/c1-7-8(2)15(5-4-10(13)14)11(9(7)6-16)12(17)18-3/h4,6H,5H2,1-3H3. The number of halogens is 2. The molecule has 1 aromatic rings. The Morgan fingerprint density at radius 2 is 2.00 bits per heavy atom. The number of carbonyl (C=O) groups excluding carboxylic acids is 2. The second kappa shape index (κ2) is 5.57. The van der Waals surface area contributed by atoms with Crippen LogP contribution in [-0.4, -0.2) is 23.9 Å². The molecule has 0 aliphatic heterocycles. The topological polar surface area (TPSA) is 48.3 Å². The van der Waals surface area contributed by atoms with Crippen LogP contribution in [0.2, 0.25) is 0 Å². The van der Waals surface area contributed by atoms with Gasteiger partial charge in [0.2, 0.25) is 0 Å². The van der Waals surface area contributed by atoms with Crippen LogP contribution >= 0.6 is 0 Å². The predicted octanol–water partition coefficient (Wildman–Crippen LogP) is 2.48. The lowest BCUT2D eigenvalue weighted by atomic mass is 10.1. The SMILES string of the molecule is COC(=O)c1c(C=O)c(C)c(C)n1CC=C(F)F. The highest BCUT2D eigenvalue weighted by Gasteiger charge is 2.23. The van der Waals surface area contributed by atoms with Crippen LogP contribution in [0, 0.1) is 13.8 Å². The highest BCUT2D eigenvalue weighted by Crippen LogP contribution is 2.22. The molecule has 18 heavy (non-hydrogen) atoms. The lowest BCUT2D eigenvalue weighted by Gasteiger charge is -2.07. The minimum absolute atomic E-state index is 0.000000000000000666. The van der Waals surface area contributed by atoms with Gasteiger partial charge >= 0.3 is 5.97 Å². The van der Waals surface area contributed by atoms with Crippen LogP contribution in [0.15, 0.2) is 12.2 Å². The minimum Gasteiger partial charge on any atom is -0.464 e. The maximum Gasteiger partial charge on any atom is 0.355 e. The third kappa shape index (κ3) is 2.47. The molecule has 0 aromatic carbocycles. The Morgan fingerprint density at radius 3 is 2.44 bits per heavy atom. The Balaban J connectivity index is 3.43. The number of hydrogen-bond acceptors (Lipinski definition) is 3. The van der Waals surface area contributed by atoms with Crippen molar-refractivity contribution >= 4 is 12.3 Å². The quantitative estimate of drug-likeness (QED) is 0.615. The van der Waals surface area contributed by atoms with Gasteiger partial charge < -0.3 is 9.30 Å². The van der Waals surface area contributed by atoms with E-state index in [0.29, 0.717) is 23.6 Å². The molecule has 0 spiro atoms. The molecule has 1 aromatic heterocycles. The monoisotopic (exact) mass is 257 g/mol. The van der Waals surface area contributed by atoms with Crippen LogP contribution in [-0.2, 0) is 11.3 Å². The van der Waals surface area contributed by atoms with E-state index < -0.39 is 12.0 Å². The number of aldehydes is 1. The third-order valence-corrected chi connectivity index (χ3v) is 2.80. The molecular formula is C12H13F2NO3. The molecule has 0 bridgehead atoms. The molecule has 1 rings (SSSR count). The fourth-order valence-electron chi connectivity index (χ4n) is 1.74. The van der Waals surface area contributed by atoms with Crippen molar-refractivity contribution in [3.8, 4) is 0 Å². The van der Waals surface area contributed by atoms with E-state index in [2.05, 4.69) is 4.74 Å². The zero-order chi connectivity index (χ0) is 13.9. The molecular weight excluding hydrogens is 244 g/mol. The van der Waals surface area contributed by atoms with E-state index in [1.165, 1.54) is 11.7 Å². The number of aromatic nitrogens is 1. The molecule has 0 aliphatic carbocycles. The molecule has 0 amide bonds. The van der Waals surface area contributed by atoms with Crippen molar-refractivity contribution in [3.63, 3.8) is 0 Å². The molecule has 0 radical (unpaired) electrons. The Labute approximate surface area is 103 Å². The fourth-order valence-corrected chi connectivity index (χ4v) is 1.74. The summed E-state index contributed by atoms with van der Waals surface area (Å²) in [5.74, 6) is -0.721. The van der Waals surface area contributed by atoms with E-state index in [1.807, 2.05) is 0 Å². The third-order valence-electron chi connectivity index (χ3n) is 2.80. The van der Waals surface area contributed by atoms with E-state index in [4.69, 9.17) is 0 Å². The van der Waals surface area contributed by atoms with Crippen LogP contribution in [0.4, 0.5) is 8.78 Å². The Morgan fingerprint density at radius 1 is 1.39 bits per heavy atom. The number of ether oxygens (including phenoxy) is 1. The minimum atomic E-state index is -1.84. The smallest absolute Gasteiger partial charge is 0.355 e. The summed E-state index contributed by atoms with van der Waals surface area (Å²) in [6, 6.07) is 0. The Hall–Kier alpha value is -1.98. The zero-order valence-corrected chi connectivity index (χ0v) is 10.3. The second-order valence-corrected chi connectivity index (χ2v) is 3.69. The van der Waals surface area contributed by atoms with Crippen molar-refractivity contribution < 1.29 is 23.1 Å². The van der Waals surface area contributed by atoms with Gasteiger partial charge in [-0.3, -0.25) is 4.79 Å². The van der Waals surface area contributed by atoms with Crippen molar-refractivity contribution in [3.05, 3.63) is 34.7 Å². The highest BCUT2D eigenvalue weighted by molar-refractivity contribution is 5.98. The van der Waals surface area contributed by atoms with Gasteiger partial charge in [-0.15, -0.1) is 0 Å². The van der Waals surface area contributed by atoms with Crippen LogP contribution in [0.1, 0.15) is 32.1 Å². The second-order valence-electron chi connectivity index (χ2n) is 3.69. The Bertz CT molecular complexity index is 514. The van der Waals surface area contributed by atoms with E-state index in [-0.39, 0.29) is 17.8 Å². The van der Waals surface area contributed by atoms with E-state index in [0.717, 1.165) is 0 Å². The molecule has 6 heteroatoms. The van der Waals surface area contributed by atoms with E-state index in [1.54, 1.807) is 13.8 Å². The van der Waals surface area contributed by atoms with Crippen molar-refractivity contribution in [2.24, 2.45) is 0 Å². The summed E-state index contributed by atoms with van der Waals surface area (Å²) < 4.78 is 30.1. The number of rotatable bonds is 4. The molecule has 0 aliphatic rings. The van der Waals surface area contributed by atoms with Gasteiger partial charge in [0.05, 0.1) is 12.7 Å². The van der Waals surface area contributed by atoms with Gasteiger partial charge in [-0.1, -0.05) is 0 Å². The molecule has 0 unspecified atom stereocenters. The molecule has 98 valence electrons. The summed E-state index contributed by atoms with van der Waals surface area (Å²) in [6.45, 7) is 3.11. The van der Waals surface area contributed by atoms with Crippen LogP contribution in [0.3, 0.4) is 0 Å². The first kappa shape index (κ1) is 14.1. The largest absolute Gasteiger partial charge is 0.464 e. The van der Waals surface area contributed by atoms with Crippen LogP contribution < -0.4 is 0 Å². The van der Waals surface area contributed by atoms with Gasteiger partial charge in [0.15, 0.2) is 6.29 Å². The average molecular weight is 257 g/mol. The summed E-state index contributed by atoms with van der Waals surface area (Å²) in [6.07, 6.45) is -0.641. The fraction of sp³-hybridized carbons (Fsp3) is 0.333. The number of esters is 1. The first-order chi connectivity index (χ1) is 8.43. The van der Waals surface area contributed by atoms with Crippen molar-refractivity contribution in [1.82, 2.24) is 4.57 Å². The Kier molecular flexibility index (Phi) is 4.36. The maximum atomic E-state index is 12.1. The number of nitrogens with zero attached hydrogens (tertiary/aromatic N) is 1. The summed E-state index contributed by atoms with van der Waals surface area (Å²) in [4.78, 5) is 22.6. The average Bonchev–Trinajstić information content (AvgIpc) is 2.58. The zero-order valence-electron chi connectivity index (χ0n) is 10.3. The first-order valence-corrected chi connectivity index (χ1v) is 5.18. The summed E-state index contributed by atoms with van der Waals surface area (Å²) >= 11 is 0. The van der Waals surface area contributed by atoms with Gasteiger partial charge in [-0.25, -0.2) is 4.79 Å². The van der Waals surface area contributed by atoms with Gasteiger partial charge in [-0.2, -0.15) is 8.78 Å². The number of hydrogen-bond donors (Lipinski definition) is 0. The summed E-state index contributed by atoms with van der Waals surface area (Å²) in [7, 11) is 1.17. The van der Waals surface area contributed by atoms with Crippen LogP contribution in [0.5, 0.6) is 0 Å². The van der Waals surface area contributed by atoms with Crippen molar-refractivity contribution in [2.75, 3.05) is 7.11 Å². The summed E-state index contributed by atoms with van der Waals surface area (Å²) in [5, 5.41) is 0. The normalized spacial score (nSPS) is 10.1. The molecule has 0 atom stereocenters. The van der Waals surface area contributed by atoms with E-state index >= 15 is 0 Å². The van der Waals surface area contributed by atoms with Crippen molar-refractivity contribution in [2.45, 2.75) is 20.4 Å². The van der Waals surface area contributed by atoms with Crippen molar-refractivity contribution in [1.29, 1.82) is 0 Å². The molecule has 4 nitrogen and oxygen atoms in total. The summed E-state index contributed by atoms with van der Waals surface area (Å²) in [5.41, 5.74) is 1.33. The number of methoxy groups -OCH3 is 1. The number of carbonyl (C=O) groups is 2. The molecule has 0 saturated carbocycles. The lowest BCUT2D eigenvalue weighted by Crippen LogP contribution is -2.13. The van der Waals surface area contributed by atoms with Gasteiger partial charge in [0, 0.05) is 18.3 Å². The highest BCUT2D eigenvalue weighted by atomic mass is 19.3. The van der Waals surface area contributed by atoms with E-state index in [9.17, 15) is 18.4 Å². The lowest BCUT2D eigenvalue weighted by molar-refractivity contribution is 0.0586. The molecule has 0 N–H and O–H groups in total.